The third-order valence-corrected chi connectivity index (χ3v) is 3.41. The average Bonchev–Trinajstić information content (AvgIpc) is 2.56. The second kappa shape index (κ2) is 8.24. The fourth-order valence-electron chi connectivity index (χ4n) is 2.37. The fraction of sp³-hybridized carbons (Fsp3) is 0.353. The SMILES string of the molecule is CNc1ccccc1-c1nc(NC(C)COC)ncc1CC=O. The van der Waals surface area contributed by atoms with Crippen LogP contribution in [0.4, 0.5) is 11.6 Å². The molecule has 6 nitrogen and oxygen atoms in total. The topological polar surface area (TPSA) is 76.1 Å². The molecule has 2 N–H and O–H groups in total. The summed E-state index contributed by atoms with van der Waals surface area (Å²) in [5.41, 5.74) is 3.45. The monoisotopic (exact) mass is 314 g/mol. The molecular weight excluding hydrogens is 292 g/mol. The number of aldehydes is 1. The molecule has 0 saturated carbocycles. The molecule has 0 fully saturated rings. The molecule has 0 saturated heterocycles. The average molecular weight is 314 g/mol. The van der Waals surface area contributed by atoms with E-state index in [0.717, 1.165) is 28.8 Å². The van der Waals surface area contributed by atoms with Crippen LogP contribution in [-0.4, -0.2) is 43.1 Å². The van der Waals surface area contributed by atoms with Crippen LogP contribution in [0.15, 0.2) is 30.5 Å². The lowest BCUT2D eigenvalue weighted by Gasteiger charge is -2.16. The van der Waals surface area contributed by atoms with E-state index >= 15 is 0 Å². The lowest BCUT2D eigenvalue weighted by Crippen LogP contribution is -2.22. The first-order valence-corrected chi connectivity index (χ1v) is 7.51. The molecule has 0 spiro atoms. The van der Waals surface area contributed by atoms with Gasteiger partial charge < -0.3 is 20.2 Å². The van der Waals surface area contributed by atoms with Gasteiger partial charge in [-0.3, -0.25) is 0 Å². The highest BCUT2D eigenvalue weighted by Gasteiger charge is 2.13. The Kier molecular flexibility index (Phi) is 6.05. The third kappa shape index (κ3) is 4.26. The number of rotatable bonds is 8. The van der Waals surface area contributed by atoms with E-state index in [0.29, 0.717) is 12.6 Å². The molecule has 0 amide bonds. The Morgan fingerprint density at radius 2 is 2.13 bits per heavy atom. The first kappa shape index (κ1) is 16.9. The van der Waals surface area contributed by atoms with Crippen molar-refractivity contribution in [2.75, 3.05) is 31.4 Å². The molecule has 1 unspecified atom stereocenters. The minimum atomic E-state index is 0.0873. The summed E-state index contributed by atoms with van der Waals surface area (Å²) in [6.07, 6.45) is 2.84. The fourth-order valence-corrected chi connectivity index (χ4v) is 2.37. The van der Waals surface area contributed by atoms with Crippen molar-refractivity contribution in [2.45, 2.75) is 19.4 Å². The minimum Gasteiger partial charge on any atom is -0.388 e. The number of benzene rings is 1. The molecule has 0 bridgehead atoms. The van der Waals surface area contributed by atoms with Gasteiger partial charge in [0.2, 0.25) is 5.95 Å². The van der Waals surface area contributed by atoms with E-state index in [9.17, 15) is 4.79 Å². The molecule has 0 aliphatic carbocycles. The van der Waals surface area contributed by atoms with Crippen LogP contribution < -0.4 is 10.6 Å². The maximum Gasteiger partial charge on any atom is 0.223 e. The molecule has 23 heavy (non-hydrogen) atoms. The Bertz CT molecular complexity index is 661. The maximum absolute atomic E-state index is 11.0. The highest BCUT2D eigenvalue weighted by atomic mass is 16.5. The zero-order valence-corrected chi connectivity index (χ0v) is 13.7. The first-order chi connectivity index (χ1) is 11.2. The standard InChI is InChI=1S/C17H22N4O2/c1-12(11-23-3)20-17-19-10-13(8-9-22)16(21-17)14-6-4-5-7-15(14)18-2/h4-7,9-10,12,18H,8,11H2,1-3H3,(H,19,20,21). The number of para-hydroxylation sites is 1. The number of methoxy groups -OCH3 is 1. The smallest absolute Gasteiger partial charge is 0.223 e. The van der Waals surface area contributed by atoms with Gasteiger partial charge in [0, 0.05) is 49.6 Å². The molecule has 2 aromatic rings. The van der Waals surface area contributed by atoms with Crippen molar-refractivity contribution in [3.8, 4) is 11.3 Å². The first-order valence-electron chi connectivity index (χ1n) is 7.51. The quantitative estimate of drug-likeness (QED) is 0.729. The molecule has 1 atom stereocenters. The van der Waals surface area contributed by atoms with Crippen molar-refractivity contribution in [3.63, 3.8) is 0 Å². The van der Waals surface area contributed by atoms with Crippen LogP contribution in [0, 0.1) is 0 Å². The maximum atomic E-state index is 11.0. The highest BCUT2D eigenvalue weighted by Crippen LogP contribution is 2.29. The highest BCUT2D eigenvalue weighted by molar-refractivity contribution is 5.79. The summed E-state index contributed by atoms with van der Waals surface area (Å²) in [6.45, 7) is 2.55. The second-order valence-electron chi connectivity index (χ2n) is 5.23. The van der Waals surface area contributed by atoms with Crippen LogP contribution in [-0.2, 0) is 16.0 Å². The molecule has 1 aromatic carbocycles. The van der Waals surface area contributed by atoms with E-state index < -0.39 is 0 Å². The van der Waals surface area contributed by atoms with E-state index in [1.165, 1.54) is 0 Å². The Hall–Kier alpha value is -2.47. The summed E-state index contributed by atoms with van der Waals surface area (Å²) < 4.78 is 5.12. The number of ether oxygens (including phenoxy) is 1. The van der Waals surface area contributed by atoms with Gasteiger partial charge in [-0.25, -0.2) is 9.97 Å². The molecule has 0 aliphatic heterocycles. The second-order valence-corrected chi connectivity index (χ2v) is 5.23. The summed E-state index contributed by atoms with van der Waals surface area (Å²) in [4.78, 5) is 19.9. The summed E-state index contributed by atoms with van der Waals surface area (Å²) in [5, 5.41) is 6.36. The van der Waals surface area contributed by atoms with Gasteiger partial charge in [-0.15, -0.1) is 0 Å². The number of hydrogen-bond donors (Lipinski definition) is 2. The van der Waals surface area contributed by atoms with Crippen LogP contribution >= 0.6 is 0 Å². The van der Waals surface area contributed by atoms with E-state index in [1.807, 2.05) is 38.2 Å². The molecule has 0 radical (unpaired) electrons. The molecule has 1 aromatic heterocycles. The van der Waals surface area contributed by atoms with E-state index in [1.54, 1.807) is 13.3 Å². The largest absolute Gasteiger partial charge is 0.388 e. The number of carbonyl (C=O) groups is 1. The summed E-state index contributed by atoms with van der Waals surface area (Å²) >= 11 is 0. The van der Waals surface area contributed by atoms with Gasteiger partial charge in [0.15, 0.2) is 0 Å². The van der Waals surface area contributed by atoms with Gasteiger partial charge in [0.1, 0.15) is 6.29 Å². The molecule has 122 valence electrons. The predicted octanol–water partition coefficient (Wildman–Crippen LogP) is 2.37. The molecule has 2 rings (SSSR count). The Morgan fingerprint density at radius 3 is 2.83 bits per heavy atom. The van der Waals surface area contributed by atoms with Crippen molar-refractivity contribution < 1.29 is 9.53 Å². The summed E-state index contributed by atoms with van der Waals surface area (Å²) in [5.74, 6) is 0.519. The Labute approximate surface area is 136 Å². The number of hydrogen-bond acceptors (Lipinski definition) is 6. The predicted molar refractivity (Wildman–Crippen MR) is 91.7 cm³/mol. The van der Waals surface area contributed by atoms with Crippen LogP contribution in [0.1, 0.15) is 12.5 Å². The van der Waals surface area contributed by atoms with E-state index in [-0.39, 0.29) is 12.5 Å². The Morgan fingerprint density at radius 1 is 1.35 bits per heavy atom. The van der Waals surface area contributed by atoms with Gasteiger partial charge in [0.05, 0.1) is 12.3 Å². The number of nitrogens with zero attached hydrogens (tertiary/aromatic N) is 2. The molecular formula is C17H22N4O2. The molecule has 0 aliphatic rings. The minimum absolute atomic E-state index is 0.0873. The van der Waals surface area contributed by atoms with Crippen LogP contribution in [0.2, 0.25) is 0 Å². The number of nitrogens with one attached hydrogen (secondary N) is 2. The number of aromatic nitrogens is 2. The van der Waals surface area contributed by atoms with Crippen LogP contribution in [0.5, 0.6) is 0 Å². The van der Waals surface area contributed by atoms with E-state index in [2.05, 4.69) is 20.6 Å². The lowest BCUT2D eigenvalue weighted by atomic mass is 10.0. The lowest BCUT2D eigenvalue weighted by molar-refractivity contribution is -0.107. The van der Waals surface area contributed by atoms with Crippen molar-refractivity contribution >= 4 is 17.9 Å². The van der Waals surface area contributed by atoms with Crippen LogP contribution in [0.3, 0.4) is 0 Å². The van der Waals surface area contributed by atoms with Gasteiger partial charge in [-0.1, -0.05) is 18.2 Å². The van der Waals surface area contributed by atoms with E-state index in [4.69, 9.17) is 4.74 Å². The number of anilines is 2. The van der Waals surface area contributed by atoms with Gasteiger partial charge in [-0.2, -0.15) is 0 Å². The Balaban J connectivity index is 2.43. The van der Waals surface area contributed by atoms with Crippen molar-refractivity contribution in [1.29, 1.82) is 0 Å². The zero-order chi connectivity index (χ0) is 16.7. The van der Waals surface area contributed by atoms with Gasteiger partial charge in [0.25, 0.3) is 0 Å². The summed E-state index contributed by atoms with van der Waals surface area (Å²) in [6, 6.07) is 7.94. The van der Waals surface area contributed by atoms with Gasteiger partial charge >= 0.3 is 0 Å². The molecule has 6 heteroatoms. The molecule has 1 heterocycles. The van der Waals surface area contributed by atoms with Crippen molar-refractivity contribution in [2.24, 2.45) is 0 Å². The number of carbonyl (C=O) groups excluding carboxylic acids is 1. The van der Waals surface area contributed by atoms with Gasteiger partial charge in [-0.05, 0) is 13.0 Å². The van der Waals surface area contributed by atoms with Crippen LogP contribution in [0.25, 0.3) is 11.3 Å². The van der Waals surface area contributed by atoms with Crippen molar-refractivity contribution in [3.05, 3.63) is 36.0 Å². The zero-order valence-electron chi connectivity index (χ0n) is 13.7. The van der Waals surface area contributed by atoms with Crippen molar-refractivity contribution in [1.82, 2.24) is 9.97 Å². The summed E-state index contributed by atoms with van der Waals surface area (Å²) in [7, 11) is 3.51. The third-order valence-electron chi connectivity index (χ3n) is 3.41. The normalized spacial score (nSPS) is 11.8.